The highest BCUT2D eigenvalue weighted by Crippen LogP contribution is 2.47. The molecule has 0 radical (unpaired) electrons. The van der Waals surface area contributed by atoms with Crippen molar-refractivity contribution in [2.75, 3.05) is 27.9 Å². The molecule has 12 nitrogen and oxygen atoms in total. The Morgan fingerprint density at radius 3 is 2.22 bits per heavy atom. The number of hydrogen-bond donors (Lipinski definition) is 1. The maximum Gasteiger partial charge on any atom is 0.318 e. The zero-order chi connectivity index (χ0) is 23.6. The van der Waals surface area contributed by atoms with Crippen LogP contribution in [0, 0.1) is 20.2 Å². The number of ether oxygens (including phenoxy) is 3. The molecule has 0 fully saturated rings. The largest absolute Gasteiger partial charge is 0.500 e. The molecule has 0 spiro atoms. The number of phenolic OH excluding ortho intramolecular Hbond substituents is 1. The van der Waals surface area contributed by atoms with Gasteiger partial charge >= 0.3 is 5.69 Å². The number of benzene rings is 2. The topological polar surface area (TPSA) is 155 Å². The summed E-state index contributed by atoms with van der Waals surface area (Å²) < 4.78 is 15.5. The number of nitro groups is 2. The molecule has 12 heteroatoms. The summed E-state index contributed by atoms with van der Waals surface area (Å²) in [5, 5.41) is 33.7. The third kappa shape index (κ3) is 3.82. The molecular formula is C20H21N3O9. The van der Waals surface area contributed by atoms with Gasteiger partial charge in [0.25, 0.3) is 5.69 Å². The van der Waals surface area contributed by atoms with Crippen molar-refractivity contribution in [3.63, 3.8) is 0 Å². The average molecular weight is 447 g/mol. The van der Waals surface area contributed by atoms with Crippen molar-refractivity contribution in [1.82, 2.24) is 4.90 Å². The van der Waals surface area contributed by atoms with Crippen LogP contribution in [0.5, 0.6) is 23.0 Å². The highest BCUT2D eigenvalue weighted by molar-refractivity contribution is 5.66. The monoisotopic (exact) mass is 447 g/mol. The highest BCUT2D eigenvalue weighted by atomic mass is 16.6. The molecule has 1 unspecified atom stereocenters. The zero-order valence-corrected chi connectivity index (χ0v) is 17.6. The van der Waals surface area contributed by atoms with Crippen LogP contribution >= 0.6 is 0 Å². The van der Waals surface area contributed by atoms with Crippen molar-refractivity contribution in [3.8, 4) is 23.0 Å². The minimum Gasteiger partial charge on any atom is -0.500 e. The van der Waals surface area contributed by atoms with E-state index in [4.69, 9.17) is 14.2 Å². The lowest BCUT2D eigenvalue weighted by molar-refractivity contribution is -0.386. The minimum absolute atomic E-state index is 0.0342. The Balaban J connectivity index is 2.21. The summed E-state index contributed by atoms with van der Waals surface area (Å²) in [7, 11) is 3.99. The molecule has 1 aliphatic rings. The lowest BCUT2D eigenvalue weighted by atomic mass is 9.87. The molecule has 1 amide bonds. The summed E-state index contributed by atoms with van der Waals surface area (Å²) in [6.45, 7) is 0.134. The second kappa shape index (κ2) is 8.96. The van der Waals surface area contributed by atoms with E-state index in [1.54, 1.807) is 0 Å². The van der Waals surface area contributed by atoms with Crippen molar-refractivity contribution in [2.24, 2.45) is 0 Å². The standard InChI is InChI=1S/C20H21N3O9/c1-30-16-7-11(14(22(26)27)9-17(16)31-2)6-15-13-8-18(32-3)20(25)19(23(28)29)12(13)4-5-21(15)10-24/h7-10,15,25H,4-6H2,1-3H3. The zero-order valence-electron chi connectivity index (χ0n) is 17.6. The normalized spacial score (nSPS) is 15.0. The van der Waals surface area contributed by atoms with Gasteiger partial charge in [-0.25, -0.2) is 0 Å². The van der Waals surface area contributed by atoms with E-state index < -0.39 is 27.3 Å². The van der Waals surface area contributed by atoms with Gasteiger partial charge in [0.15, 0.2) is 17.2 Å². The molecule has 1 heterocycles. The van der Waals surface area contributed by atoms with Gasteiger partial charge in [-0.05, 0) is 24.1 Å². The van der Waals surface area contributed by atoms with Gasteiger partial charge in [-0.15, -0.1) is 0 Å². The van der Waals surface area contributed by atoms with Crippen molar-refractivity contribution >= 4 is 17.8 Å². The van der Waals surface area contributed by atoms with E-state index in [1.807, 2.05) is 0 Å². The number of hydrogen-bond acceptors (Lipinski definition) is 9. The summed E-state index contributed by atoms with van der Waals surface area (Å²) in [5.41, 5.74) is 0.109. The quantitative estimate of drug-likeness (QED) is 0.365. The fourth-order valence-electron chi connectivity index (χ4n) is 3.99. The molecule has 1 N–H and O–H groups in total. The number of amides is 1. The van der Waals surface area contributed by atoms with Crippen molar-refractivity contribution in [1.29, 1.82) is 0 Å². The van der Waals surface area contributed by atoms with E-state index in [2.05, 4.69) is 0 Å². The van der Waals surface area contributed by atoms with Crippen LogP contribution in [0.25, 0.3) is 0 Å². The average Bonchev–Trinajstić information content (AvgIpc) is 2.77. The Morgan fingerprint density at radius 1 is 1.06 bits per heavy atom. The van der Waals surface area contributed by atoms with E-state index in [0.717, 1.165) is 0 Å². The predicted octanol–water partition coefficient (Wildman–Crippen LogP) is 2.53. The summed E-state index contributed by atoms with van der Waals surface area (Å²) in [6, 6.07) is 3.31. The SMILES string of the molecule is COc1cc(CC2c3cc(OC)c(O)c([N+](=O)[O-])c3CCN2C=O)c([N+](=O)[O-])cc1OC. The van der Waals surface area contributed by atoms with Crippen LogP contribution in [0.1, 0.15) is 22.7 Å². The molecule has 1 atom stereocenters. The summed E-state index contributed by atoms with van der Waals surface area (Å²) in [5.74, 6) is -0.306. The summed E-state index contributed by atoms with van der Waals surface area (Å²) >= 11 is 0. The van der Waals surface area contributed by atoms with Gasteiger partial charge in [0.05, 0.1) is 43.3 Å². The maximum atomic E-state index is 11.8. The lowest BCUT2D eigenvalue weighted by Gasteiger charge is -2.35. The highest BCUT2D eigenvalue weighted by Gasteiger charge is 2.37. The van der Waals surface area contributed by atoms with Crippen molar-refractivity contribution in [2.45, 2.75) is 18.9 Å². The first-order chi connectivity index (χ1) is 15.3. The molecular weight excluding hydrogens is 426 g/mol. The van der Waals surface area contributed by atoms with Crippen molar-refractivity contribution < 1.29 is 34.0 Å². The van der Waals surface area contributed by atoms with Gasteiger partial charge < -0.3 is 24.2 Å². The van der Waals surface area contributed by atoms with Crippen LogP contribution in [0.15, 0.2) is 18.2 Å². The number of nitrogens with zero attached hydrogens (tertiary/aromatic N) is 3. The number of carbonyl (C=O) groups is 1. The third-order valence-corrected chi connectivity index (χ3v) is 5.49. The molecule has 1 aliphatic heterocycles. The van der Waals surface area contributed by atoms with Crippen LogP contribution in [-0.2, 0) is 17.6 Å². The van der Waals surface area contributed by atoms with Crippen LogP contribution in [-0.4, -0.2) is 54.1 Å². The molecule has 0 saturated carbocycles. The smallest absolute Gasteiger partial charge is 0.318 e. The first-order valence-electron chi connectivity index (χ1n) is 9.44. The molecule has 170 valence electrons. The van der Waals surface area contributed by atoms with Gasteiger partial charge in [0.2, 0.25) is 12.2 Å². The number of nitro benzene ring substituents is 2. The van der Waals surface area contributed by atoms with Gasteiger partial charge in [0, 0.05) is 24.1 Å². The fourth-order valence-corrected chi connectivity index (χ4v) is 3.99. The number of phenols is 1. The van der Waals surface area contributed by atoms with E-state index in [9.17, 15) is 30.1 Å². The van der Waals surface area contributed by atoms with E-state index in [1.165, 1.54) is 44.4 Å². The van der Waals surface area contributed by atoms with Gasteiger partial charge in [-0.2, -0.15) is 0 Å². The molecule has 2 aromatic rings. The first kappa shape index (κ1) is 22.6. The molecule has 0 bridgehead atoms. The molecule has 2 aromatic carbocycles. The Hall–Kier alpha value is -4.09. The maximum absolute atomic E-state index is 11.8. The van der Waals surface area contributed by atoms with Crippen LogP contribution in [0.2, 0.25) is 0 Å². The summed E-state index contributed by atoms with van der Waals surface area (Å²) in [6.07, 6.45) is 0.686. The first-order valence-corrected chi connectivity index (χ1v) is 9.44. The number of aromatic hydroxyl groups is 1. The second-order valence-corrected chi connectivity index (χ2v) is 7.01. The third-order valence-electron chi connectivity index (χ3n) is 5.49. The van der Waals surface area contributed by atoms with Gasteiger partial charge in [-0.1, -0.05) is 0 Å². The summed E-state index contributed by atoms with van der Waals surface area (Å²) in [4.78, 5) is 35.3. The Morgan fingerprint density at radius 2 is 1.69 bits per heavy atom. The second-order valence-electron chi connectivity index (χ2n) is 7.01. The number of rotatable bonds is 8. The Kier molecular flexibility index (Phi) is 6.32. The van der Waals surface area contributed by atoms with E-state index in [-0.39, 0.29) is 53.4 Å². The number of methoxy groups -OCH3 is 3. The van der Waals surface area contributed by atoms with E-state index >= 15 is 0 Å². The van der Waals surface area contributed by atoms with Crippen LogP contribution < -0.4 is 14.2 Å². The minimum atomic E-state index is -0.777. The Labute approximate surface area is 182 Å². The van der Waals surface area contributed by atoms with Gasteiger partial charge in [-0.3, -0.25) is 25.0 Å². The van der Waals surface area contributed by atoms with Gasteiger partial charge in [0.1, 0.15) is 0 Å². The number of fused-ring (bicyclic) bond motifs is 1. The molecule has 0 saturated heterocycles. The van der Waals surface area contributed by atoms with Crippen molar-refractivity contribution in [3.05, 3.63) is 55.1 Å². The van der Waals surface area contributed by atoms with Crippen LogP contribution in [0.4, 0.5) is 11.4 Å². The molecule has 32 heavy (non-hydrogen) atoms. The molecule has 3 rings (SSSR count). The lowest BCUT2D eigenvalue weighted by Crippen LogP contribution is -2.36. The molecule has 0 aliphatic carbocycles. The number of carbonyl (C=O) groups excluding carboxylic acids is 1. The van der Waals surface area contributed by atoms with E-state index in [0.29, 0.717) is 12.0 Å². The predicted molar refractivity (Wildman–Crippen MR) is 110 cm³/mol. The molecule has 0 aromatic heterocycles. The Bertz CT molecular complexity index is 1090. The van der Waals surface area contributed by atoms with Crippen LogP contribution in [0.3, 0.4) is 0 Å². The fraction of sp³-hybridized carbons (Fsp3) is 0.350.